The zero-order chi connectivity index (χ0) is 13.1. The Hall–Kier alpha value is -1.92. The number of nitrogen functional groups attached to an aromatic ring is 1. The molecule has 0 aliphatic rings. The van der Waals surface area contributed by atoms with Crippen LogP contribution in [0.15, 0.2) is 24.3 Å². The second kappa shape index (κ2) is 5.16. The molecule has 1 aromatic carbocycles. The number of anilines is 3. The second-order valence-electron chi connectivity index (χ2n) is 3.62. The third-order valence-electron chi connectivity index (χ3n) is 2.18. The van der Waals surface area contributed by atoms with Gasteiger partial charge in [0.2, 0.25) is 5.95 Å². The van der Waals surface area contributed by atoms with Crippen LogP contribution in [0.4, 0.5) is 21.8 Å². The Morgan fingerprint density at radius 2 is 2.06 bits per heavy atom. The number of hydrogen-bond acceptors (Lipinski definition) is 5. The van der Waals surface area contributed by atoms with E-state index in [0.29, 0.717) is 11.5 Å². The number of nitrogens with two attached hydrogens (primary N) is 1. The Labute approximate surface area is 108 Å². The molecule has 0 radical (unpaired) electrons. The summed E-state index contributed by atoms with van der Waals surface area (Å²) < 4.78 is 13.3. The topological polar surface area (TPSA) is 75.9 Å². The van der Waals surface area contributed by atoms with E-state index in [-0.39, 0.29) is 11.0 Å². The van der Waals surface area contributed by atoms with Crippen LogP contribution < -0.4 is 16.6 Å². The van der Waals surface area contributed by atoms with Crippen LogP contribution in [-0.2, 0) is 0 Å². The second-order valence-corrected chi connectivity index (χ2v) is 4.02. The first-order chi connectivity index (χ1) is 8.58. The highest BCUT2D eigenvalue weighted by Gasteiger charge is 2.04. The number of aryl methyl sites for hydroxylation is 1. The van der Waals surface area contributed by atoms with Gasteiger partial charge in [0.1, 0.15) is 11.6 Å². The first-order valence-electron chi connectivity index (χ1n) is 5.13. The minimum atomic E-state index is -0.496. The van der Waals surface area contributed by atoms with Gasteiger partial charge in [-0.05, 0) is 25.1 Å². The van der Waals surface area contributed by atoms with Crippen molar-refractivity contribution in [2.24, 2.45) is 5.84 Å². The predicted octanol–water partition coefficient (Wildman–Crippen LogP) is 2.61. The number of benzene rings is 1. The van der Waals surface area contributed by atoms with Gasteiger partial charge in [0.05, 0.1) is 5.02 Å². The molecule has 0 saturated carbocycles. The van der Waals surface area contributed by atoms with E-state index in [1.165, 1.54) is 12.1 Å². The van der Waals surface area contributed by atoms with Crippen molar-refractivity contribution in [3.05, 3.63) is 40.8 Å². The lowest BCUT2D eigenvalue weighted by molar-refractivity contribution is 0.629. The van der Waals surface area contributed by atoms with E-state index in [4.69, 9.17) is 17.4 Å². The highest BCUT2D eigenvalue weighted by atomic mass is 35.5. The molecule has 7 heteroatoms. The Kier molecular flexibility index (Phi) is 3.59. The van der Waals surface area contributed by atoms with Gasteiger partial charge in [-0.1, -0.05) is 11.6 Å². The molecule has 1 heterocycles. The lowest BCUT2D eigenvalue weighted by atomic mass is 10.3. The molecule has 0 spiro atoms. The first kappa shape index (κ1) is 12.5. The summed E-state index contributed by atoms with van der Waals surface area (Å²) in [4.78, 5) is 8.13. The normalized spacial score (nSPS) is 10.2. The van der Waals surface area contributed by atoms with Gasteiger partial charge in [-0.2, -0.15) is 4.98 Å². The molecule has 2 rings (SSSR count). The van der Waals surface area contributed by atoms with Crippen LogP contribution in [0.25, 0.3) is 0 Å². The summed E-state index contributed by atoms with van der Waals surface area (Å²) in [5.41, 5.74) is 3.63. The van der Waals surface area contributed by atoms with Crippen molar-refractivity contribution in [1.29, 1.82) is 0 Å². The molecule has 94 valence electrons. The average Bonchev–Trinajstić information content (AvgIpc) is 2.33. The monoisotopic (exact) mass is 267 g/mol. The number of hydrazine groups is 1. The van der Waals surface area contributed by atoms with Crippen molar-refractivity contribution in [1.82, 2.24) is 9.97 Å². The Morgan fingerprint density at radius 1 is 1.28 bits per heavy atom. The Morgan fingerprint density at radius 3 is 2.72 bits per heavy atom. The van der Waals surface area contributed by atoms with Crippen molar-refractivity contribution in [2.75, 3.05) is 10.7 Å². The molecule has 1 aromatic heterocycles. The number of rotatable bonds is 3. The van der Waals surface area contributed by atoms with Gasteiger partial charge in [-0.15, -0.1) is 0 Å². The molecule has 0 aliphatic carbocycles. The summed E-state index contributed by atoms with van der Waals surface area (Å²) in [5.74, 6) is 5.54. The molecule has 2 aromatic rings. The van der Waals surface area contributed by atoms with Crippen molar-refractivity contribution in [3.8, 4) is 0 Å². The first-order valence-corrected chi connectivity index (χ1v) is 5.50. The highest BCUT2D eigenvalue weighted by molar-refractivity contribution is 6.30. The zero-order valence-electron chi connectivity index (χ0n) is 9.54. The largest absolute Gasteiger partial charge is 0.340 e. The number of nitrogens with one attached hydrogen (secondary N) is 2. The fourth-order valence-electron chi connectivity index (χ4n) is 1.42. The van der Waals surface area contributed by atoms with E-state index in [2.05, 4.69) is 20.7 Å². The predicted molar refractivity (Wildman–Crippen MR) is 69.3 cm³/mol. The number of hydrogen-bond donors (Lipinski definition) is 3. The molecular weight excluding hydrogens is 257 g/mol. The smallest absolute Gasteiger partial charge is 0.239 e. The standard InChI is InChI=1S/C11H11ClFN5/c1-6-4-10(17-11(15-6)18-14)16-7-2-3-8(12)9(13)5-7/h2-5H,14H2,1H3,(H2,15,16,17,18). The molecule has 18 heavy (non-hydrogen) atoms. The van der Waals surface area contributed by atoms with E-state index in [1.807, 2.05) is 0 Å². The summed E-state index contributed by atoms with van der Waals surface area (Å²) in [6, 6.07) is 6.12. The summed E-state index contributed by atoms with van der Waals surface area (Å²) in [7, 11) is 0. The minimum absolute atomic E-state index is 0.0729. The molecule has 0 unspecified atom stereocenters. The van der Waals surface area contributed by atoms with Crippen molar-refractivity contribution >= 4 is 29.1 Å². The molecule has 5 nitrogen and oxygen atoms in total. The third kappa shape index (κ3) is 2.85. The van der Waals surface area contributed by atoms with Crippen LogP contribution in [-0.4, -0.2) is 9.97 Å². The van der Waals surface area contributed by atoms with Crippen LogP contribution in [0.2, 0.25) is 5.02 Å². The SMILES string of the molecule is Cc1cc(Nc2ccc(Cl)c(F)c2)nc(NN)n1. The Balaban J connectivity index is 2.27. The number of nitrogens with zero attached hydrogens (tertiary/aromatic N) is 2. The molecule has 0 bridgehead atoms. The van der Waals surface area contributed by atoms with Crippen LogP contribution in [0.3, 0.4) is 0 Å². The van der Waals surface area contributed by atoms with Gasteiger partial charge in [-0.25, -0.2) is 15.2 Å². The molecule has 0 aliphatic heterocycles. The summed E-state index contributed by atoms with van der Waals surface area (Å²) in [5, 5.41) is 3.02. The van der Waals surface area contributed by atoms with Gasteiger partial charge in [0, 0.05) is 17.4 Å². The van der Waals surface area contributed by atoms with Gasteiger partial charge >= 0.3 is 0 Å². The number of halogens is 2. The molecule has 0 amide bonds. The summed E-state index contributed by atoms with van der Waals surface area (Å²) >= 11 is 5.60. The lowest BCUT2D eigenvalue weighted by Gasteiger charge is -2.08. The molecule has 4 N–H and O–H groups in total. The van der Waals surface area contributed by atoms with Gasteiger partial charge in [0.15, 0.2) is 0 Å². The quantitative estimate of drug-likeness (QED) is 0.589. The lowest BCUT2D eigenvalue weighted by Crippen LogP contribution is -2.11. The fourth-order valence-corrected chi connectivity index (χ4v) is 1.54. The fraction of sp³-hybridized carbons (Fsp3) is 0.0909. The highest BCUT2D eigenvalue weighted by Crippen LogP contribution is 2.21. The van der Waals surface area contributed by atoms with Crippen molar-refractivity contribution < 1.29 is 4.39 Å². The maximum atomic E-state index is 13.3. The van der Waals surface area contributed by atoms with E-state index in [9.17, 15) is 4.39 Å². The van der Waals surface area contributed by atoms with Crippen molar-refractivity contribution in [3.63, 3.8) is 0 Å². The van der Waals surface area contributed by atoms with Crippen molar-refractivity contribution in [2.45, 2.75) is 6.92 Å². The summed E-state index contributed by atoms with van der Waals surface area (Å²) in [6.45, 7) is 1.80. The van der Waals surface area contributed by atoms with Crippen LogP contribution >= 0.6 is 11.6 Å². The maximum Gasteiger partial charge on any atom is 0.239 e. The third-order valence-corrected chi connectivity index (χ3v) is 2.48. The van der Waals surface area contributed by atoms with Crippen LogP contribution in [0.5, 0.6) is 0 Å². The average molecular weight is 268 g/mol. The van der Waals surface area contributed by atoms with Crippen LogP contribution in [0, 0.1) is 12.7 Å². The summed E-state index contributed by atoms with van der Waals surface area (Å²) in [6.07, 6.45) is 0. The van der Waals surface area contributed by atoms with E-state index in [1.54, 1.807) is 19.1 Å². The molecule has 0 atom stereocenters. The van der Waals surface area contributed by atoms with E-state index in [0.717, 1.165) is 5.69 Å². The number of aromatic nitrogens is 2. The maximum absolute atomic E-state index is 13.3. The van der Waals surface area contributed by atoms with Gasteiger partial charge in [0.25, 0.3) is 0 Å². The molecule has 0 saturated heterocycles. The van der Waals surface area contributed by atoms with Gasteiger partial charge in [-0.3, -0.25) is 5.43 Å². The minimum Gasteiger partial charge on any atom is -0.340 e. The Bertz CT molecular complexity index is 575. The van der Waals surface area contributed by atoms with E-state index < -0.39 is 5.82 Å². The molecular formula is C11H11ClFN5. The zero-order valence-corrected chi connectivity index (χ0v) is 10.3. The van der Waals surface area contributed by atoms with Crippen LogP contribution in [0.1, 0.15) is 5.69 Å². The van der Waals surface area contributed by atoms with Gasteiger partial charge < -0.3 is 5.32 Å². The van der Waals surface area contributed by atoms with E-state index >= 15 is 0 Å². The molecule has 0 fully saturated rings.